The van der Waals surface area contributed by atoms with Crippen LogP contribution in [0.15, 0.2) is 42.5 Å². The minimum atomic E-state index is -4.48. The first kappa shape index (κ1) is 21.4. The first-order chi connectivity index (χ1) is 14.1. The van der Waals surface area contributed by atoms with Gasteiger partial charge in [0.2, 0.25) is 5.91 Å². The zero-order chi connectivity index (χ0) is 22.1. The summed E-state index contributed by atoms with van der Waals surface area (Å²) in [4.78, 5) is 38.0. The number of nitrogens with one attached hydrogen (secondary N) is 1. The lowest BCUT2D eigenvalue weighted by Gasteiger charge is -2.33. The Morgan fingerprint density at radius 3 is 2.60 bits per heavy atom. The maximum absolute atomic E-state index is 12.8. The molecule has 0 radical (unpaired) electrons. The van der Waals surface area contributed by atoms with E-state index in [1.54, 1.807) is 12.1 Å². The van der Waals surface area contributed by atoms with E-state index in [4.69, 9.17) is 4.74 Å². The van der Waals surface area contributed by atoms with Crippen LogP contribution in [0.5, 0.6) is 5.75 Å². The number of anilines is 1. The number of hydrogen-bond donors (Lipinski definition) is 1. The van der Waals surface area contributed by atoms with Gasteiger partial charge in [0, 0.05) is 12.1 Å². The van der Waals surface area contributed by atoms with E-state index in [0.29, 0.717) is 17.0 Å². The summed E-state index contributed by atoms with van der Waals surface area (Å²) in [6.07, 6.45) is -4.48. The van der Waals surface area contributed by atoms with Gasteiger partial charge in [-0.05, 0) is 49.7 Å². The molecule has 2 aromatic rings. The van der Waals surface area contributed by atoms with Gasteiger partial charge in [0.05, 0.1) is 11.3 Å². The monoisotopic (exact) mass is 420 g/mol. The molecule has 0 aromatic heterocycles. The highest BCUT2D eigenvalue weighted by Crippen LogP contribution is 2.34. The first-order valence-electron chi connectivity index (χ1n) is 9.11. The summed E-state index contributed by atoms with van der Waals surface area (Å²) in [6.45, 7) is 2.47. The molecule has 1 aliphatic rings. The molecule has 3 rings (SSSR count). The number of Topliss-reactive ketones (excluding diaryl/α,β-unsaturated/α-hetero) is 1. The van der Waals surface area contributed by atoms with Gasteiger partial charge < -0.3 is 10.1 Å². The third-order valence-electron chi connectivity index (χ3n) is 4.73. The Balaban J connectivity index is 1.77. The number of fused-ring (bicyclic) bond motifs is 1. The van der Waals surface area contributed by atoms with Gasteiger partial charge in [-0.2, -0.15) is 13.2 Å². The summed E-state index contributed by atoms with van der Waals surface area (Å²) in [5, 5.41) is 2.56. The minimum Gasteiger partial charge on any atom is -0.482 e. The number of alkyl halides is 3. The van der Waals surface area contributed by atoms with Gasteiger partial charge in [0.1, 0.15) is 11.8 Å². The summed E-state index contributed by atoms with van der Waals surface area (Å²) < 4.78 is 43.9. The second-order valence-electron chi connectivity index (χ2n) is 6.88. The van der Waals surface area contributed by atoms with Crippen molar-refractivity contribution < 1.29 is 32.3 Å². The molecule has 0 fully saturated rings. The Morgan fingerprint density at radius 1 is 1.20 bits per heavy atom. The van der Waals surface area contributed by atoms with Crippen molar-refractivity contribution in [1.29, 1.82) is 0 Å². The van der Waals surface area contributed by atoms with E-state index in [2.05, 4.69) is 5.32 Å². The van der Waals surface area contributed by atoms with Gasteiger partial charge in [-0.1, -0.05) is 12.1 Å². The highest BCUT2D eigenvalue weighted by atomic mass is 19.4. The third kappa shape index (κ3) is 4.45. The Bertz CT molecular complexity index is 1000. The summed E-state index contributed by atoms with van der Waals surface area (Å²) in [5.74, 6) is -0.874. The number of carbonyl (C=O) groups excluding carboxylic acids is 3. The number of amides is 2. The zero-order valence-electron chi connectivity index (χ0n) is 16.2. The van der Waals surface area contributed by atoms with Crippen LogP contribution in [0.25, 0.3) is 0 Å². The smallest absolute Gasteiger partial charge is 0.416 e. The highest BCUT2D eigenvalue weighted by Gasteiger charge is 2.34. The number of carbonyl (C=O) groups is 3. The lowest BCUT2D eigenvalue weighted by Crippen LogP contribution is -2.51. The van der Waals surface area contributed by atoms with E-state index in [0.717, 1.165) is 12.1 Å². The van der Waals surface area contributed by atoms with Crippen LogP contribution in [-0.4, -0.2) is 30.2 Å². The van der Waals surface area contributed by atoms with E-state index >= 15 is 0 Å². The largest absolute Gasteiger partial charge is 0.482 e. The molecule has 30 heavy (non-hydrogen) atoms. The molecule has 1 aliphatic heterocycles. The van der Waals surface area contributed by atoms with Crippen LogP contribution in [0, 0.1) is 0 Å². The van der Waals surface area contributed by atoms with Gasteiger partial charge in [-0.25, -0.2) is 0 Å². The zero-order valence-corrected chi connectivity index (χ0v) is 16.2. The van der Waals surface area contributed by atoms with Gasteiger partial charge in [0.25, 0.3) is 5.91 Å². The van der Waals surface area contributed by atoms with Crippen LogP contribution in [0.2, 0.25) is 0 Å². The maximum Gasteiger partial charge on any atom is 0.416 e. The molecule has 1 N–H and O–H groups in total. The van der Waals surface area contributed by atoms with Crippen LogP contribution in [-0.2, 0) is 22.3 Å². The van der Waals surface area contributed by atoms with Gasteiger partial charge in [0.15, 0.2) is 12.4 Å². The fourth-order valence-electron chi connectivity index (χ4n) is 3.13. The summed E-state index contributed by atoms with van der Waals surface area (Å²) >= 11 is 0. The van der Waals surface area contributed by atoms with Gasteiger partial charge in [-0.15, -0.1) is 0 Å². The number of ketones is 1. The molecule has 2 aromatic carbocycles. The normalized spacial score (nSPS) is 14.6. The molecule has 1 atom stereocenters. The van der Waals surface area contributed by atoms with Crippen molar-refractivity contribution in [3.05, 3.63) is 59.2 Å². The number of halogens is 3. The van der Waals surface area contributed by atoms with Crippen molar-refractivity contribution in [2.75, 3.05) is 11.5 Å². The number of benzene rings is 2. The van der Waals surface area contributed by atoms with Crippen LogP contribution in [0.4, 0.5) is 18.9 Å². The van der Waals surface area contributed by atoms with E-state index in [9.17, 15) is 27.6 Å². The van der Waals surface area contributed by atoms with E-state index < -0.39 is 29.6 Å². The molecule has 0 aliphatic carbocycles. The van der Waals surface area contributed by atoms with E-state index in [1.807, 2.05) is 0 Å². The molecule has 0 bridgehead atoms. The van der Waals surface area contributed by atoms with Crippen molar-refractivity contribution in [2.24, 2.45) is 0 Å². The van der Waals surface area contributed by atoms with E-state index in [1.165, 1.54) is 36.9 Å². The van der Waals surface area contributed by atoms with Crippen LogP contribution < -0.4 is 15.0 Å². The summed E-state index contributed by atoms with van der Waals surface area (Å²) in [5.41, 5.74) is 0.114. The molecule has 2 amide bonds. The summed E-state index contributed by atoms with van der Waals surface area (Å²) in [6, 6.07) is 8.27. The molecule has 6 nitrogen and oxygen atoms in total. The number of ether oxygens (including phenoxy) is 1. The Kier molecular flexibility index (Phi) is 5.82. The highest BCUT2D eigenvalue weighted by molar-refractivity contribution is 6.05. The molecular weight excluding hydrogens is 401 g/mol. The average molecular weight is 420 g/mol. The van der Waals surface area contributed by atoms with Gasteiger partial charge >= 0.3 is 6.18 Å². The Morgan fingerprint density at radius 2 is 1.93 bits per heavy atom. The fraction of sp³-hybridized carbons (Fsp3) is 0.286. The van der Waals surface area contributed by atoms with Crippen molar-refractivity contribution in [3.63, 3.8) is 0 Å². The van der Waals surface area contributed by atoms with Crippen molar-refractivity contribution in [3.8, 4) is 5.75 Å². The minimum absolute atomic E-state index is 0.133. The van der Waals surface area contributed by atoms with Crippen molar-refractivity contribution >= 4 is 23.3 Å². The van der Waals surface area contributed by atoms with Crippen LogP contribution >= 0.6 is 0 Å². The first-order valence-corrected chi connectivity index (χ1v) is 9.11. The molecule has 158 valence electrons. The second-order valence-corrected chi connectivity index (χ2v) is 6.88. The molecule has 0 saturated carbocycles. The number of hydrogen-bond acceptors (Lipinski definition) is 4. The molecule has 1 heterocycles. The predicted molar refractivity (Wildman–Crippen MR) is 102 cm³/mol. The molecule has 0 spiro atoms. The SMILES string of the molecule is CC(=O)c1ccc2c(c1)N(C(C)C(=O)NCc1cccc(C(F)(F)F)c1)C(=O)CO2. The third-order valence-corrected chi connectivity index (χ3v) is 4.73. The van der Waals surface area contributed by atoms with E-state index in [-0.39, 0.29) is 24.5 Å². The quantitative estimate of drug-likeness (QED) is 0.753. The number of rotatable bonds is 5. The second kappa shape index (κ2) is 8.17. The Hall–Kier alpha value is -3.36. The Labute approximate surface area is 170 Å². The van der Waals surface area contributed by atoms with Crippen molar-refractivity contribution in [1.82, 2.24) is 5.32 Å². The average Bonchev–Trinajstić information content (AvgIpc) is 2.70. The molecule has 1 unspecified atom stereocenters. The van der Waals surface area contributed by atoms with Crippen molar-refractivity contribution in [2.45, 2.75) is 32.6 Å². The van der Waals surface area contributed by atoms with Crippen LogP contribution in [0.1, 0.15) is 35.3 Å². The van der Waals surface area contributed by atoms with Gasteiger partial charge in [-0.3, -0.25) is 19.3 Å². The lowest BCUT2D eigenvalue weighted by molar-refractivity contribution is -0.137. The number of nitrogens with zero attached hydrogens (tertiary/aromatic N) is 1. The van der Waals surface area contributed by atoms with Crippen LogP contribution in [0.3, 0.4) is 0 Å². The lowest BCUT2D eigenvalue weighted by atomic mass is 10.1. The topological polar surface area (TPSA) is 75.7 Å². The molecule has 9 heteroatoms. The maximum atomic E-state index is 12.8. The fourth-order valence-corrected chi connectivity index (χ4v) is 3.13. The standard InChI is InChI=1S/C21H19F3N2O4/c1-12(20(29)25-10-14-4-3-5-16(8-14)21(22,23)24)26-17-9-15(13(2)27)6-7-18(17)30-11-19(26)28/h3-9,12H,10-11H2,1-2H3,(H,25,29). The predicted octanol–water partition coefficient (Wildman–Crippen LogP) is 3.34. The molecule has 0 saturated heterocycles. The summed E-state index contributed by atoms with van der Waals surface area (Å²) in [7, 11) is 0. The molecular formula is C21H19F3N2O4.